The van der Waals surface area contributed by atoms with E-state index in [2.05, 4.69) is 95.6 Å². The van der Waals surface area contributed by atoms with Gasteiger partial charge in [-0.3, -0.25) is 4.39 Å². The second-order valence-electron chi connectivity index (χ2n) is 9.67. The number of benzene rings is 4. The van der Waals surface area contributed by atoms with Crippen molar-refractivity contribution >= 4 is 78.4 Å². The number of halogens is 2. The Balaban J connectivity index is 0.000000758. The summed E-state index contributed by atoms with van der Waals surface area (Å²) in [7, 11) is 0.500. The van der Waals surface area contributed by atoms with Crippen molar-refractivity contribution in [1.82, 2.24) is 9.13 Å². The predicted octanol–water partition coefficient (Wildman–Crippen LogP) is 13.4. The van der Waals surface area contributed by atoms with E-state index in [4.69, 9.17) is 0 Å². The molecule has 0 saturated heterocycles. The van der Waals surface area contributed by atoms with E-state index in [1.807, 2.05) is 58.0 Å². The van der Waals surface area contributed by atoms with Crippen LogP contribution in [-0.4, -0.2) is 16.3 Å². The van der Waals surface area contributed by atoms with Gasteiger partial charge >= 0.3 is 0 Å². The lowest BCUT2D eigenvalue weighted by atomic mass is 10.1. The zero-order valence-corrected chi connectivity index (χ0v) is 28.0. The molecule has 0 unspecified atom stereocenters. The molecule has 0 N–H and O–H groups in total. The van der Waals surface area contributed by atoms with Crippen LogP contribution in [0.25, 0.3) is 78.5 Å². The number of alkyl halides is 1. The SMILES string of the molecule is C=Cc1sc2ccc(-n3c4ccccc4c4cc(-n5c(C=C)c(/C=C\F)c6ccccc65)ccc43)cc2c1C=C.CC.CC.CF. The second kappa shape index (κ2) is 15.3. The van der Waals surface area contributed by atoms with E-state index in [0.29, 0.717) is 13.5 Å². The minimum atomic E-state index is 0.500. The van der Waals surface area contributed by atoms with E-state index < -0.39 is 0 Å². The number of fused-ring (bicyclic) bond motifs is 5. The highest BCUT2D eigenvalue weighted by molar-refractivity contribution is 7.20. The number of hydrogen-bond acceptors (Lipinski definition) is 1. The lowest BCUT2D eigenvalue weighted by molar-refractivity contribution is 0.636. The smallest absolute Gasteiger partial charge is 0.0873 e. The molecule has 0 bridgehead atoms. The fraction of sp³-hybridized carbons (Fsp3) is 0.122. The average molecular weight is 631 g/mol. The summed E-state index contributed by atoms with van der Waals surface area (Å²) in [6.07, 6.45) is 7.73. The van der Waals surface area contributed by atoms with E-state index >= 15 is 0 Å². The van der Waals surface area contributed by atoms with Crippen molar-refractivity contribution in [3.05, 3.63) is 133 Å². The maximum absolute atomic E-state index is 13.4. The summed E-state index contributed by atoms with van der Waals surface area (Å²) in [6.45, 7) is 20.1. The fourth-order valence-electron chi connectivity index (χ4n) is 6.01. The Labute approximate surface area is 274 Å². The molecule has 234 valence electrons. The summed E-state index contributed by atoms with van der Waals surface area (Å²) in [5.41, 5.74) is 8.14. The van der Waals surface area contributed by atoms with E-state index in [1.54, 1.807) is 17.4 Å². The zero-order chi connectivity index (χ0) is 33.4. The Bertz CT molecular complexity index is 2190. The number of rotatable bonds is 6. The van der Waals surface area contributed by atoms with Crippen LogP contribution in [0.1, 0.15) is 49.4 Å². The summed E-state index contributed by atoms with van der Waals surface area (Å²) < 4.78 is 28.6. The first kappa shape index (κ1) is 33.9. The minimum Gasteiger partial charge on any atom is -0.309 e. The van der Waals surface area contributed by atoms with E-state index in [-0.39, 0.29) is 0 Å². The van der Waals surface area contributed by atoms with Gasteiger partial charge in [0.25, 0.3) is 0 Å². The molecule has 3 aromatic heterocycles. The number of para-hydroxylation sites is 2. The average Bonchev–Trinajstić information content (AvgIpc) is 3.77. The normalized spacial score (nSPS) is 10.7. The van der Waals surface area contributed by atoms with Crippen molar-refractivity contribution in [3.8, 4) is 11.4 Å². The highest BCUT2D eigenvalue weighted by Crippen LogP contribution is 2.39. The van der Waals surface area contributed by atoms with Crippen molar-refractivity contribution in [2.45, 2.75) is 27.7 Å². The van der Waals surface area contributed by atoms with Gasteiger partial charge in [-0.1, -0.05) is 96.0 Å². The summed E-state index contributed by atoms with van der Waals surface area (Å²) in [4.78, 5) is 1.13. The number of aromatic nitrogens is 2. The van der Waals surface area contributed by atoms with Crippen LogP contribution in [-0.2, 0) is 0 Å². The molecule has 0 aliphatic heterocycles. The molecule has 0 amide bonds. The Morgan fingerprint density at radius 3 is 1.78 bits per heavy atom. The molecule has 7 aromatic rings. The van der Waals surface area contributed by atoms with E-state index in [0.717, 1.165) is 60.4 Å². The van der Waals surface area contributed by atoms with Crippen molar-refractivity contribution in [3.63, 3.8) is 0 Å². The van der Waals surface area contributed by atoms with Crippen LogP contribution in [0.5, 0.6) is 0 Å². The maximum atomic E-state index is 13.4. The van der Waals surface area contributed by atoms with Crippen LogP contribution in [0.15, 0.2) is 111 Å². The van der Waals surface area contributed by atoms with Crippen molar-refractivity contribution in [1.29, 1.82) is 0 Å². The maximum Gasteiger partial charge on any atom is 0.0873 e. The highest BCUT2D eigenvalue weighted by atomic mass is 32.1. The lowest BCUT2D eigenvalue weighted by Crippen LogP contribution is -1.98. The molecule has 0 fully saturated rings. The van der Waals surface area contributed by atoms with Gasteiger partial charge in [-0.15, -0.1) is 11.3 Å². The van der Waals surface area contributed by atoms with Gasteiger partial charge in [0, 0.05) is 48.1 Å². The van der Waals surface area contributed by atoms with Gasteiger partial charge < -0.3 is 9.13 Å². The standard InChI is InChI=1S/C36H25FN2S.2C2H6.CH3F/c1-4-25-30-22-24(16-18-36(30)40-35(25)6-3)39-33-14-10-8-12-27(33)29-21-23(15-17-34(29)39)38-31(5-2)28(19-20-37)26-11-7-9-13-32(26)38;3*1-2/h4-22H,1-3H2;2*1-2H3;1H3/b20-19-;;;. The molecule has 5 heteroatoms. The monoisotopic (exact) mass is 630 g/mol. The number of nitrogens with zero attached hydrogens (tertiary/aromatic N) is 2. The van der Waals surface area contributed by atoms with Gasteiger partial charge in [-0.25, -0.2) is 4.39 Å². The van der Waals surface area contributed by atoms with Gasteiger partial charge in [0.1, 0.15) is 0 Å². The Morgan fingerprint density at radius 2 is 1.15 bits per heavy atom. The third kappa shape index (κ3) is 5.63. The minimum absolute atomic E-state index is 0.500. The summed E-state index contributed by atoms with van der Waals surface area (Å²) in [5, 5.41) is 4.47. The van der Waals surface area contributed by atoms with Gasteiger partial charge in [-0.05, 0) is 66.2 Å². The molecule has 3 heterocycles. The van der Waals surface area contributed by atoms with Crippen LogP contribution in [0.4, 0.5) is 8.78 Å². The number of thiophene rings is 1. The zero-order valence-electron chi connectivity index (χ0n) is 27.1. The number of hydrogen-bond donors (Lipinski definition) is 0. The molecule has 0 saturated carbocycles. The van der Waals surface area contributed by atoms with Crippen LogP contribution < -0.4 is 0 Å². The van der Waals surface area contributed by atoms with Crippen LogP contribution >= 0.6 is 11.3 Å². The van der Waals surface area contributed by atoms with Crippen LogP contribution in [0, 0.1) is 0 Å². The van der Waals surface area contributed by atoms with Gasteiger partial charge in [0.15, 0.2) is 0 Å². The Morgan fingerprint density at radius 1 is 0.587 bits per heavy atom. The van der Waals surface area contributed by atoms with Crippen molar-refractivity contribution in [2.24, 2.45) is 0 Å². The van der Waals surface area contributed by atoms with Gasteiger partial charge in [-0.2, -0.15) is 0 Å². The van der Waals surface area contributed by atoms with Crippen molar-refractivity contribution in [2.75, 3.05) is 7.18 Å². The molecule has 4 aromatic carbocycles. The highest BCUT2D eigenvalue weighted by Gasteiger charge is 2.18. The Kier molecular flexibility index (Phi) is 11.3. The van der Waals surface area contributed by atoms with E-state index in [9.17, 15) is 8.78 Å². The van der Waals surface area contributed by atoms with Gasteiger partial charge in [0.2, 0.25) is 0 Å². The third-order valence-corrected chi connectivity index (χ3v) is 8.86. The summed E-state index contributed by atoms with van der Waals surface area (Å²) in [5.74, 6) is 0. The van der Waals surface area contributed by atoms with E-state index in [1.165, 1.54) is 21.5 Å². The molecule has 0 atom stereocenters. The first-order valence-corrected chi connectivity index (χ1v) is 16.3. The predicted molar refractivity (Wildman–Crippen MR) is 203 cm³/mol. The first-order valence-electron chi connectivity index (χ1n) is 15.4. The van der Waals surface area contributed by atoms with Crippen LogP contribution in [0.3, 0.4) is 0 Å². The molecule has 0 radical (unpaired) electrons. The Hall–Kier alpha value is -5.00. The molecule has 0 aliphatic carbocycles. The molecule has 0 spiro atoms. The molecular weight excluding hydrogens is 591 g/mol. The molecule has 0 aliphatic rings. The third-order valence-electron chi connectivity index (χ3n) is 7.68. The summed E-state index contributed by atoms with van der Waals surface area (Å²) in [6, 6.07) is 29.7. The second-order valence-corrected chi connectivity index (χ2v) is 10.8. The first-order chi connectivity index (χ1) is 22.7. The summed E-state index contributed by atoms with van der Waals surface area (Å²) >= 11 is 1.73. The fourth-order valence-corrected chi connectivity index (χ4v) is 7.04. The van der Waals surface area contributed by atoms with Crippen LogP contribution in [0.2, 0.25) is 0 Å². The molecule has 46 heavy (non-hydrogen) atoms. The molecule has 7 rings (SSSR count). The van der Waals surface area contributed by atoms with Crippen molar-refractivity contribution < 1.29 is 8.78 Å². The van der Waals surface area contributed by atoms with Gasteiger partial charge in [0.05, 0.1) is 35.8 Å². The lowest BCUT2D eigenvalue weighted by Gasteiger charge is -2.11. The molecule has 2 nitrogen and oxygen atoms in total. The molecular formula is C41H40F2N2S. The topological polar surface area (TPSA) is 9.86 Å². The largest absolute Gasteiger partial charge is 0.309 e. The quantitative estimate of drug-likeness (QED) is 0.173.